The average molecular weight is 493 g/mol. The summed E-state index contributed by atoms with van der Waals surface area (Å²) in [7, 11) is 0. The van der Waals surface area contributed by atoms with E-state index in [1.165, 1.54) is 18.2 Å². The van der Waals surface area contributed by atoms with Crippen LogP contribution in [0.4, 0.5) is 26.2 Å². The second-order valence-electron chi connectivity index (χ2n) is 8.35. The number of amides is 3. The molecule has 3 aromatic rings. The lowest BCUT2D eigenvalue weighted by atomic mass is 10.0. The van der Waals surface area contributed by atoms with Crippen molar-refractivity contribution in [2.24, 2.45) is 0 Å². The van der Waals surface area contributed by atoms with E-state index in [9.17, 15) is 14.0 Å². The Hall–Kier alpha value is -3.98. The van der Waals surface area contributed by atoms with Crippen LogP contribution in [0.1, 0.15) is 48.8 Å². The van der Waals surface area contributed by atoms with Crippen LogP contribution in [-0.4, -0.2) is 41.5 Å². The van der Waals surface area contributed by atoms with Gasteiger partial charge in [-0.2, -0.15) is 0 Å². The van der Waals surface area contributed by atoms with E-state index in [0.717, 1.165) is 31.6 Å². The van der Waals surface area contributed by atoms with Crippen LogP contribution in [0, 0.1) is 5.82 Å². The molecule has 1 unspecified atom stereocenters. The standard InChI is InChI=1S/C27H33FN6O2/c1-3-34(4-2)16-8-13-23(33-27(36)31-21-10-7-9-20(28)17-21)19-14-15-25(30-18-19)26(35)32-24-12-6-5-11-22(24)29/h5-7,9-12,14-15,17-18,23H,3-4,8,13,16,29H2,1-2H3,(H,32,35)(H2,31,33,36). The maximum Gasteiger partial charge on any atom is 0.319 e. The molecule has 0 aliphatic carbocycles. The highest BCUT2D eigenvalue weighted by molar-refractivity contribution is 6.04. The quantitative estimate of drug-likeness (QED) is 0.280. The number of rotatable bonds is 11. The van der Waals surface area contributed by atoms with Gasteiger partial charge in [0.2, 0.25) is 0 Å². The number of carbonyl (C=O) groups excluding carboxylic acids is 2. The first-order valence-corrected chi connectivity index (χ1v) is 12.1. The van der Waals surface area contributed by atoms with Crippen molar-refractivity contribution < 1.29 is 14.0 Å². The molecule has 2 aromatic carbocycles. The molecule has 0 spiro atoms. The Morgan fingerprint density at radius 1 is 1.03 bits per heavy atom. The van der Waals surface area contributed by atoms with E-state index in [1.807, 2.05) is 0 Å². The number of hydrogen-bond acceptors (Lipinski definition) is 5. The van der Waals surface area contributed by atoms with E-state index in [0.29, 0.717) is 23.5 Å². The highest BCUT2D eigenvalue weighted by Crippen LogP contribution is 2.21. The number of para-hydroxylation sites is 2. The van der Waals surface area contributed by atoms with Gasteiger partial charge in [-0.15, -0.1) is 0 Å². The van der Waals surface area contributed by atoms with Crippen molar-refractivity contribution in [2.45, 2.75) is 32.7 Å². The molecule has 0 saturated carbocycles. The van der Waals surface area contributed by atoms with E-state index >= 15 is 0 Å². The topological polar surface area (TPSA) is 112 Å². The van der Waals surface area contributed by atoms with Crippen LogP contribution >= 0.6 is 0 Å². The zero-order valence-electron chi connectivity index (χ0n) is 20.6. The number of benzene rings is 2. The number of anilines is 3. The Morgan fingerprint density at radius 2 is 1.81 bits per heavy atom. The molecule has 1 heterocycles. The van der Waals surface area contributed by atoms with Crippen LogP contribution in [0.15, 0.2) is 66.9 Å². The first kappa shape index (κ1) is 26.6. The number of hydrogen-bond donors (Lipinski definition) is 4. The van der Waals surface area contributed by atoms with Crippen molar-refractivity contribution >= 4 is 29.0 Å². The number of aromatic nitrogens is 1. The number of pyridine rings is 1. The average Bonchev–Trinajstić information content (AvgIpc) is 2.87. The molecule has 0 saturated heterocycles. The molecule has 0 aliphatic heterocycles. The van der Waals surface area contributed by atoms with Crippen LogP contribution in [0.2, 0.25) is 0 Å². The van der Waals surface area contributed by atoms with Gasteiger partial charge in [-0.3, -0.25) is 9.78 Å². The van der Waals surface area contributed by atoms with Crippen LogP contribution in [0.3, 0.4) is 0 Å². The number of carbonyl (C=O) groups is 2. The molecule has 1 aromatic heterocycles. The fourth-order valence-corrected chi connectivity index (χ4v) is 3.82. The van der Waals surface area contributed by atoms with Crippen LogP contribution in [-0.2, 0) is 0 Å². The Bertz CT molecular complexity index is 1150. The summed E-state index contributed by atoms with van der Waals surface area (Å²) in [5, 5.41) is 8.39. The third kappa shape index (κ3) is 7.78. The van der Waals surface area contributed by atoms with Crippen molar-refractivity contribution in [3.05, 3.63) is 83.9 Å². The maximum absolute atomic E-state index is 13.5. The van der Waals surface area contributed by atoms with Gasteiger partial charge in [-0.25, -0.2) is 9.18 Å². The Morgan fingerprint density at radius 3 is 2.47 bits per heavy atom. The summed E-state index contributed by atoms with van der Waals surface area (Å²) in [4.78, 5) is 31.9. The normalized spacial score (nSPS) is 11.7. The highest BCUT2D eigenvalue weighted by Gasteiger charge is 2.17. The molecule has 9 heteroatoms. The lowest BCUT2D eigenvalue weighted by molar-refractivity contribution is 0.102. The van der Waals surface area contributed by atoms with E-state index < -0.39 is 11.8 Å². The first-order valence-electron chi connectivity index (χ1n) is 12.1. The van der Waals surface area contributed by atoms with Crippen molar-refractivity contribution in [3.63, 3.8) is 0 Å². The van der Waals surface area contributed by atoms with Gasteiger partial charge in [0.25, 0.3) is 5.91 Å². The summed E-state index contributed by atoms with van der Waals surface area (Å²) in [6.45, 7) is 7.02. The number of nitrogens with one attached hydrogen (secondary N) is 3. The van der Waals surface area contributed by atoms with Crippen molar-refractivity contribution in [3.8, 4) is 0 Å². The summed E-state index contributed by atoms with van der Waals surface area (Å²) < 4.78 is 13.5. The second-order valence-corrected chi connectivity index (χ2v) is 8.35. The van der Waals surface area contributed by atoms with Gasteiger partial charge in [0.1, 0.15) is 11.5 Å². The molecule has 36 heavy (non-hydrogen) atoms. The Labute approximate surface area is 211 Å². The smallest absolute Gasteiger partial charge is 0.319 e. The van der Waals surface area contributed by atoms with Crippen LogP contribution in [0.25, 0.3) is 0 Å². The maximum atomic E-state index is 13.5. The fraction of sp³-hybridized carbons (Fsp3) is 0.296. The number of urea groups is 1. The monoisotopic (exact) mass is 492 g/mol. The molecule has 190 valence electrons. The largest absolute Gasteiger partial charge is 0.397 e. The zero-order chi connectivity index (χ0) is 25.9. The van der Waals surface area contributed by atoms with Crippen molar-refractivity contribution in [2.75, 3.05) is 36.0 Å². The minimum atomic E-state index is -0.449. The molecular weight excluding hydrogens is 459 g/mol. The fourth-order valence-electron chi connectivity index (χ4n) is 3.82. The van der Waals surface area contributed by atoms with Gasteiger partial charge in [-0.1, -0.05) is 38.1 Å². The van der Waals surface area contributed by atoms with E-state index in [2.05, 4.69) is 39.7 Å². The predicted molar refractivity (Wildman–Crippen MR) is 141 cm³/mol. The lowest BCUT2D eigenvalue weighted by Crippen LogP contribution is -2.33. The van der Waals surface area contributed by atoms with Crippen molar-refractivity contribution in [1.82, 2.24) is 15.2 Å². The molecule has 0 fully saturated rings. The molecule has 3 rings (SSSR count). The highest BCUT2D eigenvalue weighted by atomic mass is 19.1. The molecule has 0 radical (unpaired) electrons. The molecular formula is C27H33FN6O2. The van der Waals surface area contributed by atoms with Crippen LogP contribution < -0.4 is 21.7 Å². The SMILES string of the molecule is CCN(CC)CCCC(NC(=O)Nc1cccc(F)c1)c1ccc(C(=O)Nc2ccccc2N)nc1. The summed E-state index contributed by atoms with van der Waals surface area (Å²) in [6, 6.07) is 15.3. The van der Waals surface area contributed by atoms with E-state index in [1.54, 1.807) is 48.7 Å². The summed E-state index contributed by atoms with van der Waals surface area (Å²) in [5.41, 5.74) is 8.23. The molecule has 0 aliphatic rings. The van der Waals surface area contributed by atoms with Gasteiger partial charge < -0.3 is 26.6 Å². The Balaban J connectivity index is 1.70. The summed E-state index contributed by atoms with van der Waals surface area (Å²) >= 11 is 0. The van der Waals surface area contributed by atoms with E-state index in [4.69, 9.17) is 5.73 Å². The van der Waals surface area contributed by atoms with Gasteiger partial charge in [0, 0.05) is 11.9 Å². The lowest BCUT2D eigenvalue weighted by Gasteiger charge is -2.22. The zero-order valence-corrected chi connectivity index (χ0v) is 20.6. The van der Waals surface area contributed by atoms with Gasteiger partial charge in [0.15, 0.2) is 0 Å². The molecule has 3 amide bonds. The third-order valence-corrected chi connectivity index (χ3v) is 5.88. The summed E-state index contributed by atoms with van der Waals surface area (Å²) in [5.74, 6) is -0.812. The minimum absolute atomic E-state index is 0.230. The molecule has 0 bridgehead atoms. The third-order valence-electron chi connectivity index (χ3n) is 5.88. The molecule has 5 N–H and O–H groups in total. The minimum Gasteiger partial charge on any atom is -0.397 e. The van der Waals surface area contributed by atoms with Crippen LogP contribution in [0.5, 0.6) is 0 Å². The summed E-state index contributed by atoms with van der Waals surface area (Å²) in [6.07, 6.45) is 3.11. The van der Waals surface area contributed by atoms with E-state index in [-0.39, 0.29) is 17.6 Å². The number of nitrogens with two attached hydrogens (primary N) is 1. The van der Waals surface area contributed by atoms with Gasteiger partial charge in [0.05, 0.1) is 17.4 Å². The van der Waals surface area contributed by atoms with Gasteiger partial charge >= 0.3 is 6.03 Å². The van der Waals surface area contributed by atoms with Crippen molar-refractivity contribution in [1.29, 1.82) is 0 Å². The second kappa shape index (κ2) is 13.2. The van der Waals surface area contributed by atoms with Gasteiger partial charge in [-0.05, 0) is 74.4 Å². The number of nitrogen functional groups attached to an aromatic ring is 1. The number of nitrogens with zero attached hydrogens (tertiary/aromatic N) is 2. The molecule has 1 atom stereocenters. The number of halogens is 1. The molecule has 8 nitrogen and oxygen atoms in total. The predicted octanol–water partition coefficient (Wildman–Crippen LogP) is 5.04. The Kier molecular flexibility index (Phi) is 9.76. The first-order chi connectivity index (χ1) is 17.4.